The zero-order valence-corrected chi connectivity index (χ0v) is 14.9. The quantitative estimate of drug-likeness (QED) is 0.702. The van der Waals surface area contributed by atoms with E-state index in [9.17, 15) is 5.26 Å². The van der Waals surface area contributed by atoms with E-state index in [2.05, 4.69) is 77.9 Å². The summed E-state index contributed by atoms with van der Waals surface area (Å²) in [6, 6.07) is 21.0. The lowest BCUT2D eigenvalue weighted by Crippen LogP contribution is -2.13. The molecule has 1 fully saturated rings. The highest BCUT2D eigenvalue weighted by molar-refractivity contribution is 5.71. The SMILES string of the molecule is CC[C@@H]1CN(C#N)C[C@H]1c1cc(-c2cccc(-c3ccccc3)c2)n[nH]1. The van der Waals surface area contributed by atoms with E-state index in [4.69, 9.17) is 0 Å². The van der Waals surface area contributed by atoms with Gasteiger partial charge in [-0.3, -0.25) is 5.10 Å². The topological polar surface area (TPSA) is 55.7 Å². The van der Waals surface area contributed by atoms with Crippen molar-refractivity contribution in [3.05, 3.63) is 66.4 Å². The molecule has 1 aliphatic rings. The van der Waals surface area contributed by atoms with Crippen LogP contribution < -0.4 is 0 Å². The Morgan fingerprint density at radius 1 is 1.04 bits per heavy atom. The summed E-state index contributed by atoms with van der Waals surface area (Å²) in [5.41, 5.74) is 5.60. The summed E-state index contributed by atoms with van der Waals surface area (Å²) < 4.78 is 0. The maximum Gasteiger partial charge on any atom is 0.179 e. The van der Waals surface area contributed by atoms with Crippen LogP contribution in [0.25, 0.3) is 22.4 Å². The molecule has 0 amide bonds. The minimum atomic E-state index is 0.346. The smallest absolute Gasteiger partial charge is 0.179 e. The first-order valence-corrected chi connectivity index (χ1v) is 9.14. The number of rotatable bonds is 4. The van der Waals surface area contributed by atoms with Gasteiger partial charge in [-0.05, 0) is 29.2 Å². The molecule has 1 N–H and O–H groups in total. The first kappa shape index (κ1) is 16.4. The van der Waals surface area contributed by atoms with Crippen molar-refractivity contribution in [1.82, 2.24) is 15.1 Å². The van der Waals surface area contributed by atoms with Crippen LogP contribution in [0.1, 0.15) is 25.0 Å². The number of nitrogens with one attached hydrogen (secondary N) is 1. The average Bonchev–Trinajstić information content (AvgIpc) is 3.35. The Kier molecular flexibility index (Phi) is 4.45. The van der Waals surface area contributed by atoms with Crippen LogP contribution in [-0.2, 0) is 0 Å². The average molecular weight is 342 g/mol. The molecule has 26 heavy (non-hydrogen) atoms. The fourth-order valence-corrected chi connectivity index (χ4v) is 3.88. The Bertz CT molecular complexity index is 923. The van der Waals surface area contributed by atoms with Gasteiger partial charge in [-0.1, -0.05) is 61.9 Å². The van der Waals surface area contributed by atoms with Gasteiger partial charge in [-0.25, -0.2) is 0 Å². The second-order valence-electron chi connectivity index (χ2n) is 6.94. The molecule has 0 saturated carbocycles. The third-order valence-electron chi connectivity index (χ3n) is 5.37. The summed E-state index contributed by atoms with van der Waals surface area (Å²) in [4.78, 5) is 1.86. The van der Waals surface area contributed by atoms with Crippen molar-refractivity contribution in [2.24, 2.45) is 5.92 Å². The molecule has 0 unspecified atom stereocenters. The summed E-state index contributed by atoms with van der Waals surface area (Å²) in [5, 5.41) is 17.0. The fraction of sp³-hybridized carbons (Fsp3) is 0.273. The third-order valence-corrected chi connectivity index (χ3v) is 5.37. The molecule has 4 heteroatoms. The standard InChI is InChI=1S/C22H22N4/c1-2-16-13-26(15-23)14-20(16)22-12-21(24-25-22)19-10-6-9-18(11-19)17-7-4-3-5-8-17/h3-12,16,20H,2,13-14H2,1H3,(H,24,25)/t16-,20-/m1/s1. The highest BCUT2D eigenvalue weighted by atomic mass is 15.2. The number of likely N-dealkylation sites (tertiary alicyclic amines) is 1. The maximum atomic E-state index is 9.22. The van der Waals surface area contributed by atoms with E-state index in [0.717, 1.165) is 36.5 Å². The number of hydrogen-bond acceptors (Lipinski definition) is 3. The number of hydrogen-bond donors (Lipinski definition) is 1. The van der Waals surface area contributed by atoms with Gasteiger partial charge in [-0.15, -0.1) is 0 Å². The number of aromatic amines is 1. The lowest BCUT2D eigenvalue weighted by Gasteiger charge is -2.13. The fourth-order valence-electron chi connectivity index (χ4n) is 3.88. The van der Waals surface area contributed by atoms with Crippen LogP contribution in [0.2, 0.25) is 0 Å². The molecular weight excluding hydrogens is 320 g/mol. The van der Waals surface area contributed by atoms with Crippen LogP contribution in [0, 0.1) is 17.4 Å². The van der Waals surface area contributed by atoms with Gasteiger partial charge in [0.1, 0.15) is 0 Å². The largest absolute Gasteiger partial charge is 0.310 e. The number of H-pyrrole nitrogens is 1. The van der Waals surface area contributed by atoms with E-state index in [1.807, 2.05) is 11.0 Å². The van der Waals surface area contributed by atoms with Crippen LogP contribution in [0.4, 0.5) is 0 Å². The molecule has 4 rings (SSSR count). The first-order valence-electron chi connectivity index (χ1n) is 9.14. The van der Waals surface area contributed by atoms with Crippen molar-refractivity contribution >= 4 is 0 Å². The summed E-state index contributed by atoms with van der Waals surface area (Å²) in [7, 11) is 0. The highest BCUT2D eigenvalue weighted by Gasteiger charge is 2.33. The van der Waals surface area contributed by atoms with Crippen LogP contribution in [0.15, 0.2) is 60.7 Å². The van der Waals surface area contributed by atoms with E-state index in [0.29, 0.717) is 11.8 Å². The van der Waals surface area contributed by atoms with Crippen molar-refractivity contribution in [2.75, 3.05) is 13.1 Å². The Morgan fingerprint density at radius 2 is 1.81 bits per heavy atom. The van der Waals surface area contributed by atoms with Crippen LogP contribution in [-0.4, -0.2) is 28.2 Å². The van der Waals surface area contributed by atoms with E-state index < -0.39 is 0 Å². The van der Waals surface area contributed by atoms with Gasteiger partial charge < -0.3 is 4.90 Å². The van der Waals surface area contributed by atoms with Gasteiger partial charge in [0, 0.05) is 30.3 Å². The number of nitrogens with zero attached hydrogens (tertiary/aromatic N) is 3. The summed E-state index contributed by atoms with van der Waals surface area (Å²) in [6.07, 6.45) is 3.36. The predicted octanol–water partition coefficient (Wildman–Crippen LogP) is 4.65. The molecule has 2 atom stereocenters. The molecule has 1 aliphatic heterocycles. The summed E-state index contributed by atoms with van der Waals surface area (Å²) in [5.74, 6) is 0.844. The molecule has 3 aromatic rings. The van der Waals surface area contributed by atoms with Gasteiger partial charge in [0.15, 0.2) is 6.19 Å². The van der Waals surface area contributed by atoms with E-state index >= 15 is 0 Å². The van der Waals surface area contributed by atoms with E-state index in [-0.39, 0.29) is 0 Å². The molecular formula is C22H22N4. The summed E-state index contributed by atoms with van der Waals surface area (Å²) in [6.45, 7) is 3.81. The molecule has 2 aromatic carbocycles. The second kappa shape index (κ2) is 7.05. The van der Waals surface area contributed by atoms with Crippen LogP contribution in [0.3, 0.4) is 0 Å². The van der Waals surface area contributed by atoms with Gasteiger partial charge in [0.2, 0.25) is 0 Å². The molecule has 1 aromatic heterocycles. The maximum absolute atomic E-state index is 9.22. The summed E-state index contributed by atoms with van der Waals surface area (Å²) >= 11 is 0. The van der Waals surface area contributed by atoms with Crippen LogP contribution in [0.5, 0.6) is 0 Å². The predicted molar refractivity (Wildman–Crippen MR) is 103 cm³/mol. The normalized spacial score (nSPS) is 19.5. The Morgan fingerprint density at radius 3 is 2.58 bits per heavy atom. The van der Waals surface area contributed by atoms with Crippen LogP contribution >= 0.6 is 0 Å². The Labute approximate surface area is 154 Å². The van der Waals surface area contributed by atoms with Gasteiger partial charge in [0.05, 0.1) is 5.69 Å². The Balaban J connectivity index is 1.62. The van der Waals surface area contributed by atoms with Gasteiger partial charge >= 0.3 is 0 Å². The number of benzene rings is 2. The lowest BCUT2D eigenvalue weighted by molar-refractivity contribution is 0.446. The van der Waals surface area contributed by atoms with Crippen molar-refractivity contribution < 1.29 is 0 Å². The minimum absolute atomic E-state index is 0.346. The second-order valence-corrected chi connectivity index (χ2v) is 6.94. The molecule has 0 spiro atoms. The van der Waals surface area contributed by atoms with Crippen molar-refractivity contribution in [2.45, 2.75) is 19.3 Å². The lowest BCUT2D eigenvalue weighted by atomic mass is 9.90. The number of aromatic nitrogens is 2. The van der Waals surface area contributed by atoms with Gasteiger partial charge in [0.25, 0.3) is 0 Å². The van der Waals surface area contributed by atoms with E-state index in [1.165, 1.54) is 11.1 Å². The molecule has 0 bridgehead atoms. The Hall–Kier alpha value is -3.06. The zero-order chi connectivity index (χ0) is 17.9. The molecule has 0 aliphatic carbocycles. The molecule has 0 radical (unpaired) electrons. The molecule has 130 valence electrons. The number of nitriles is 1. The van der Waals surface area contributed by atoms with Crippen molar-refractivity contribution in [1.29, 1.82) is 5.26 Å². The third kappa shape index (κ3) is 3.09. The van der Waals surface area contributed by atoms with Crippen molar-refractivity contribution in [3.8, 4) is 28.6 Å². The first-order chi connectivity index (χ1) is 12.8. The molecule has 2 heterocycles. The molecule has 4 nitrogen and oxygen atoms in total. The van der Waals surface area contributed by atoms with Gasteiger partial charge in [-0.2, -0.15) is 10.4 Å². The minimum Gasteiger partial charge on any atom is -0.310 e. The highest BCUT2D eigenvalue weighted by Crippen LogP contribution is 2.35. The van der Waals surface area contributed by atoms with E-state index in [1.54, 1.807) is 0 Å². The van der Waals surface area contributed by atoms with Crippen molar-refractivity contribution in [3.63, 3.8) is 0 Å². The molecule has 1 saturated heterocycles. The monoisotopic (exact) mass is 342 g/mol. The zero-order valence-electron chi connectivity index (χ0n) is 14.9.